The van der Waals surface area contributed by atoms with E-state index in [1.807, 2.05) is 44.2 Å². The third-order valence-electron chi connectivity index (χ3n) is 6.74. The molecule has 1 saturated heterocycles. The maximum absolute atomic E-state index is 15.0. The highest BCUT2D eigenvalue weighted by Gasteiger charge is 2.28. The number of rotatable bonds is 11. The fourth-order valence-corrected chi connectivity index (χ4v) is 4.83. The van der Waals surface area contributed by atoms with Crippen LogP contribution in [0.1, 0.15) is 38.6 Å². The summed E-state index contributed by atoms with van der Waals surface area (Å²) in [5, 5.41) is 10.9. The predicted octanol–water partition coefficient (Wildman–Crippen LogP) is 5.18. The fourth-order valence-electron chi connectivity index (χ4n) is 4.83. The Bertz CT molecular complexity index is 1330. The molecular formula is C28H37FN8O. The Kier molecular flexibility index (Phi) is 8.96. The van der Waals surface area contributed by atoms with E-state index in [4.69, 9.17) is 9.73 Å². The van der Waals surface area contributed by atoms with Crippen LogP contribution < -0.4 is 10.1 Å². The summed E-state index contributed by atoms with van der Waals surface area (Å²) < 4.78 is 20.8. The van der Waals surface area contributed by atoms with Crippen molar-refractivity contribution in [2.45, 2.75) is 40.2 Å². The van der Waals surface area contributed by atoms with Crippen molar-refractivity contribution in [2.24, 2.45) is 9.98 Å². The molecule has 4 rings (SSSR count). The molecule has 0 radical (unpaired) electrons. The lowest BCUT2D eigenvalue weighted by molar-refractivity contribution is 0.223. The van der Waals surface area contributed by atoms with Crippen LogP contribution in [0.5, 0.6) is 5.75 Å². The summed E-state index contributed by atoms with van der Waals surface area (Å²) in [5.74, 6) is 1.58. The molecule has 1 aliphatic rings. The minimum Gasteiger partial charge on any atom is -0.468 e. The molecule has 0 aliphatic carbocycles. The van der Waals surface area contributed by atoms with E-state index < -0.39 is 5.82 Å². The summed E-state index contributed by atoms with van der Waals surface area (Å²) in [5.41, 5.74) is 2.51. The van der Waals surface area contributed by atoms with Gasteiger partial charge in [-0.05, 0) is 64.4 Å². The molecule has 0 bridgehead atoms. The van der Waals surface area contributed by atoms with Crippen LogP contribution in [-0.2, 0) is 0 Å². The van der Waals surface area contributed by atoms with Crippen LogP contribution in [0.15, 0.2) is 52.2 Å². The largest absolute Gasteiger partial charge is 0.468 e. The van der Waals surface area contributed by atoms with Crippen LogP contribution in [0.3, 0.4) is 0 Å². The zero-order valence-electron chi connectivity index (χ0n) is 22.6. The number of fused-ring (bicyclic) bond motifs is 1. The van der Waals surface area contributed by atoms with E-state index in [1.165, 1.54) is 0 Å². The lowest BCUT2D eigenvalue weighted by Gasteiger charge is -2.26. The van der Waals surface area contributed by atoms with Crippen LogP contribution in [-0.4, -0.2) is 76.5 Å². The summed E-state index contributed by atoms with van der Waals surface area (Å²) >= 11 is 0. The number of amidine groups is 1. The molecule has 3 heterocycles. The first-order valence-electron chi connectivity index (χ1n) is 13.0. The number of anilines is 1. The normalized spacial score (nSPS) is 16.8. The van der Waals surface area contributed by atoms with Crippen molar-refractivity contribution in [1.82, 2.24) is 25.0 Å². The highest BCUT2D eigenvalue weighted by Crippen LogP contribution is 2.27. The summed E-state index contributed by atoms with van der Waals surface area (Å²) in [6.45, 7) is 15.6. The molecule has 0 spiro atoms. The van der Waals surface area contributed by atoms with Gasteiger partial charge >= 0.3 is 0 Å². The topological polar surface area (TPSA) is 96.9 Å². The first kappa shape index (κ1) is 27.1. The maximum Gasteiger partial charge on any atom is 0.181 e. The number of aryl methyl sites for hydroxylation is 1. The van der Waals surface area contributed by atoms with Gasteiger partial charge in [-0.3, -0.25) is 10.00 Å². The van der Waals surface area contributed by atoms with Gasteiger partial charge in [0.15, 0.2) is 24.1 Å². The molecule has 10 heteroatoms. The van der Waals surface area contributed by atoms with Gasteiger partial charge in [-0.15, -0.1) is 0 Å². The van der Waals surface area contributed by atoms with Gasteiger partial charge in [0.05, 0.1) is 5.69 Å². The van der Waals surface area contributed by atoms with E-state index in [9.17, 15) is 0 Å². The van der Waals surface area contributed by atoms with Crippen molar-refractivity contribution in [3.63, 3.8) is 0 Å². The molecule has 3 N–H and O–H groups in total. The van der Waals surface area contributed by atoms with Crippen LogP contribution >= 0.6 is 0 Å². The number of nitrogens with one attached hydrogen (secondary N) is 3. The number of allylic oxidation sites excluding steroid dienone is 1. The molecule has 0 saturated carbocycles. The number of H-pyrrole nitrogens is 2. The predicted molar refractivity (Wildman–Crippen MR) is 153 cm³/mol. The second-order valence-electron chi connectivity index (χ2n) is 9.21. The van der Waals surface area contributed by atoms with Gasteiger partial charge in [0, 0.05) is 47.9 Å². The first-order chi connectivity index (χ1) is 18.4. The molecule has 2 aromatic heterocycles. The Hall–Kier alpha value is -3.92. The number of hydrogen-bond donors (Lipinski definition) is 3. The average molecular weight is 521 g/mol. The minimum absolute atomic E-state index is 0.0393. The van der Waals surface area contributed by atoms with Crippen LogP contribution in [0.4, 0.5) is 10.2 Å². The Morgan fingerprint density at radius 3 is 2.89 bits per heavy atom. The smallest absolute Gasteiger partial charge is 0.181 e. The number of nitrogens with zero attached hydrogens (tertiary/aromatic N) is 5. The number of benzene rings is 1. The van der Waals surface area contributed by atoms with E-state index in [0.29, 0.717) is 28.9 Å². The van der Waals surface area contributed by atoms with E-state index >= 15 is 4.39 Å². The Morgan fingerprint density at radius 1 is 1.34 bits per heavy atom. The lowest BCUT2D eigenvalue weighted by atomic mass is 10.2. The van der Waals surface area contributed by atoms with Gasteiger partial charge in [-0.1, -0.05) is 19.9 Å². The van der Waals surface area contributed by atoms with Crippen LogP contribution in [0.2, 0.25) is 0 Å². The fraction of sp³-hybridized carbons (Fsp3) is 0.393. The highest BCUT2D eigenvalue weighted by atomic mass is 19.1. The molecule has 3 aromatic rings. The average Bonchev–Trinajstić information content (AvgIpc) is 3.65. The van der Waals surface area contributed by atoms with E-state index in [0.717, 1.165) is 49.5 Å². The molecule has 1 fully saturated rings. The van der Waals surface area contributed by atoms with Gasteiger partial charge in [0.2, 0.25) is 0 Å². The summed E-state index contributed by atoms with van der Waals surface area (Å²) in [7, 11) is 0. The van der Waals surface area contributed by atoms with E-state index in [-0.39, 0.29) is 12.5 Å². The standard InChI is InChI=1S/C28H37FN8O/c1-6-9-20-15-26(35-34-20)33-25(30-5)16-27(37-13-12-21(17-37)36(7-2)8-3)31-18-38-24-11-10-23-22(28(24)29)14-19(4)32-23/h6,9-11,14-16,21,32H,5,7-8,12-13,17-18H2,1-4H3,(H2,33,34,35)/b9-6+,25-16+,31-27+. The Morgan fingerprint density at radius 2 is 2.16 bits per heavy atom. The van der Waals surface area contributed by atoms with Crippen molar-refractivity contribution in [3.8, 4) is 5.75 Å². The molecule has 1 unspecified atom stereocenters. The monoisotopic (exact) mass is 520 g/mol. The molecule has 38 heavy (non-hydrogen) atoms. The SMILES string of the molecule is C=N/C(=C\C(=N/COc1ccc2[nH]c(C)cc2c1F)N1CCC(N(CC)CC)C1)Nc1cc(/C=C/C)[nH]n1. The van der Waals surface area contributed by atoms with Gasteiger partial charge in [0.25, 0.3) is 0 Å². The number of likely N-dealkylation sites (tertiary alicyclic amines) is 1. The number of likely N-dealkylation sites (N-methyl/N-ethyl adjacent to an activating group) is 1. The summed E-state index contributed by atoms with van der Waals surface area (Å²) in [6.07, 6.45) is 6.72. The molecule has 1 atom stereocenters. The zero-order chi connectivity index (χ0) is 27.1. The Labute approximate surface area is 223 Å². The van der Waals surface area contributed by atoms with Crippen molar-refractivity contribution >= 4 is 35.3 Å². The lowest BCUT2D eigenvalue weighted by Crippen LogP contribution is -2.38. The van der Waals surface area contributed by atoms with Crippen molar-refractivity contribution in [1.29, 1.82) is 0 Å². The maximum atomic E-state index is 15.0. The summed E-state index contributed by atoms with van der Waals surface area (Å²) in [6, 6.07) is 7.53. The number of halogens is 1. The first-order valence-corrected chi connectivity index (χ1v) is 13.0. The zero-order valence-corrected chi connectivity index (χ0v) is 22.6. The van der Waals surface area contributed by atoms with E-state index in [1.54, 1.807) is 12.1 Å². The third-order valence-corrected chi connectivity index (χ3v) is 6.74. The van der Waals surface area contributed by atoms with Crippen molar-refractivity contribution < 1.29 is 9.13 Å². The molecule has 9 nitrogen and oxygen atoms in total. The van der Waals surface area contributed by atoms with Gasteiger partial charge in [-0.25, -0.2) is 14.4 Å². The molecule has 202 valence electrons. The second-order valence-corrected chi connectivity index (χ2v) is 9.21. The number of aromatic amines is 2. The molecule has 1 aliphatic heterocycles. The second kappa shape index (κ2) is 12.6. The molecular weight excluding hydrogens is 483 g/mol. The minimum atomic E-state index is -0.396. The highest BCUT2D eigenvalue weighted by molar-refractivity contribution is 5.94. The quantitative estimate of drug-likeness (QED) is 0.239. The van der Waals surface area contributed by atoms with Crippen molar-refractivity contribution in [3.05, 3.63) is 59.4 Å². The third kappa shape index (κ3) is 6.31. The van der Waals surface area contributed by atoms with Gasteiger partial charge in [-0.2, -0.15) is 5.10 Å². The molecule has 1 aromatic carbocycles. The molecule has 0 amide bonds. The number of aromatic nitrogens is 3. The van der Waals surface area contributed by atoms with Crippen molar-refractivity contribution in [2.75, 3.05) is 38.2 Å². The van der Waals surface area contributed by atoms with Crippen LogP contribution in [0.25, 0.3) is 17.0 Å². The van der Waals surface area contributed by atoms with Crippen LogP contribution in [0, 0.1) is 12.7 Å². The van der Waals surface area contributed by atoms with Gasteiger partial charge in [0.1, 0.15) is 11.7 Å². The van der Waals surface area contributed by atoms with Gasteiger partial charge < -0.3 is 19.9 Å². The Balaban J connectivity index is 1.56. The number of ether oxygens (including phenoxy) is 1. The van der Waals surface area contributed by atoms with E-state index in [2.05, 4.69) is 55.9 Å². The number of hydrogen-bond acceptors (Lipinski definition) is 6. The number of aliphatic imine (C=N–C) groups is 2. The summed E-state index contributed by atoms with van der Waals surface area (Å²) in [4.78, 5) is 16.7.